The van der Waals surface area contributed by atoms with Gasteiger partial charge in [-0.15, -0.1) is 0 Å². The number of rotatable bonds is 6. The van der Waals surface area contributed by atoms with Gasteiger partial charge in [-0.2, -0.15) is 0 Å². The molecule has 0 aliphatic carbocycles. The Morgan fingerprint density at radius 2 is 2.00 bits per heavy atom. The zero-order valence-corrected chi connectivity index (χ0v) is 12.6. The van der Waals surface area contributed by atoms with E-state index in [0.717, 1.165) is 5.56 Å². The second-order valence-electron chi connectivity index (χ2n) is 4.92. The average molecular weight is 304 g/mol. The monoisotopic (exact) mass is 303 g/mol. The maximum Gasteiger partial charge on any atom is 0.224 e. The molecule has 1 rings (SSSR count). The van der Waals surface area contributed by atoms with Crippen molar-refractivity contribution in [3.8, 4) is 0 Å². The minimum absolute atomic E-state index is 0.0594. The maximum atomic E-state index is 11.7. The van der Waals surface area contributed by atoms with Gasteiger partial charge in [-0.3, -0.25) is 4.79 Å². The molecule has 0 aliphatic heterocycles. The van der Waals surface area contributed by atoms with Crippen LogP contribution in [0.5, 0.6) is 0 Å². The molecule has 0 radical (unpaired) electrons. The van der Waals surface area contributed by atoms with Crippen LogP contribution >= 0.6 is 23.2 Å². The summed E-state index contributed by atoms with van der Waals surface area (Å²) in [4.78, 5) is 11.7. The van der Waals surface area contributed by atoms with Gasteiger partial charge in [0.15, 0.2) is 0 Å². The molecule has 2 N–H and O–H groups in total. The summed E-state index contributed by atoms with van der Waals surface area (Å²) in [5, 5.41) is 13.0. The highest BCUT2D eigenvalue weighted by molar-refractivity contribution is 6.42. The summed E-state index contributed by atoms with van der Waals surface area (Å²) < 4.78 is 0. The molecule has 2 unspecified atom stereocenters. The summed E-state index contributed by atoms with van der Waals surface area (Å²) in [6.07, 6.45) is 0.604. The van der Waals surface area contributed by atoms with Crippen LogP contribution in [0.1, 0.15) is 25.8 Å². The van der Waals surface area contributed by atoms with Crippen LogP contribution in [0.15, 0.2) is 18.2 Å². The number of nitrogens with one attached hydrogen (secondary N) is 1. The van der Waals surface area contributed by atoms with Gasteiger partial charge in [0, 0.05) is 6.54 Å². The van der Waals surface area contributed by atoms with Crippen molar-refractivity contribution in [3.63, 3.8) is 0 Å². The number of aliphatic hydroxyl groups is 1. The molecule has 3 nitrogen and oxygen atoms in total. The van der Waals surface area contributed by atoms with E-state index >= 15 is 0 Å². The highest BCUT2D eigenvalue weighted by Gasteiger charge is 2.09. The molecular weight excluding hydrogens is 285 g/mol. The normalized spacial score (nSPS) is 13.9. The van der Waals surface area contributed by atoms with Crippen molar-refractivity contribution >= 4 is 29.1 Å². The Morgan fingerprint density at radius 3 is 2.58 bits per heavy atom. The van der Waals surface area contributed by atoms with Crippen molar-refractivity contribution in [1.29, 1.82) is 0 Å². The Morgan fingerprint density at radius 1 is 1.32 bits per heavy atom. The van der Waals surface area contributed by atoms with Crippen molar-refractivity contribution in [2.45, 2.75) is 32.8 Å². The summed E-state index contributed by atoms with van der Waals surface area (Å²) in [5.74, 6) is 0.189. The lowest BCUT2D eigenvalue weighted by atomic mass is 10.0. The zero-order chi connectivity index (χ0) is 14.4. The lowest BCUT2D eigenvalue weighted by Gasteiger charge is -2.14. The molecule has 0 aromatic heterocycles. The molecule has 0 saturated heterocycles. The molecule has 0 spiro atoms. The lowest BCUT2D eigenvalue weighted by Crippen LogP contribution is -2.30. The van der Waals surface area contributed by atoms with Gasteiger partial charge < -0.3 is 10.4 Å². The highest BCUT2D eigenvalue weighted by Crippen LogP contribution is 2.22. The Kier molecular flexibility index (Phi) is 6.63. The first-order valence-corrected chi connectivity index (χ1v) is 7.02. The van der Waals surface area contributed by atoms with Crippen LogP contribution in [0.2, 0.25) is 10.0 Å². The molecular formula is C14H19Cl2NO2. The Bertz CT molecular complexity index is 435. The second kappa shape index (κ2) is 7.73. The fourth-order valence-corrected chi connectivity index (χ4v) is 2.17. The van der Waals surface area contributed by atoms with Gasteiger partial charge in [0.05, 0.1) is 22.6 Å². The van der Waals surface area contributed by atoms with Crippen LogP contribution in [0, 0.1) is 5.92 Å². The van der Waals surface area contributed by atoms with E-state index < -0.39 is 0 Å². The Balaban J connectivity index is 2.40. The third kappa shape index (κ3) is 6.28. The SMILES string of the molecule is CC(O)CC(C)CNC(=O)Cc1ccc(Cl)c(Cl)c1. The first-order chi connectivity index (χ1) is 8.88. The summed E-state index contributed by atoms with van der Waals surface area (Å²) in [6.45, 7) is 4.30. The van der Waals surface area contributed by atoms with Gasteiger partial charge in [0.2, 0.25) is 5.91 Å². The molecule has 1 aromatic rings. The molecule has 1 aromatic carbocycles. The summed E-state index contributed by atoms with van der Waals surface area (Å²) in [7, 11) is 0. The average Bonchev–Trinajstić information content (AvgIpc) is 2.30. The zero-order valence-electron chi connectivity index (χ0n) is 11.1. The molecule has 19 heavy (non-hydrogen) atoms. The summed E-state index contributed by atoms with van der Waals surface area (Å²) >= 11 is 11.7. The first-order valence-electron chi connectivity index (χ1n) is 6.27. The van der Waals surface area contributed by atoms with Crippen molar-refractivity contribution in [2.75, 3.05) is 6.54 Å². The molecule has 0 fully saturated rings. The molecule has 0 bridgehead atoms. The van der Waals surface area contributed by atoms with Gasteiger partial charge in [-0.05, 0) is 37.0 Å². The second-order valence-corrected chi connectivity index (χ2v) is 5.73. The molecule has 1 amide bonds. The largest absolute Gasteiger partial charge is 0.393 e. The minimum atomic E-state index is -0.345. The van der Waals surface area contributed by atoms with Crippen LogP contribution in [0.4, 0.5) is 0 Å². The van der Waals surface area contributed by atoms with Crippen molar-refractivity contribution in [1.82, 2.24) is 5.32 Å². The number of halogens is 2. The quantitative estimate of drug-likeness (QED) is 0.848. The van der Waals surface area contributed by atoms with Crippen molar-refractivity contribution < 1.29 is 9.90 Å². The summed E-state index contributed by atoms with van der Waals surface area (Å²) in [5.41, 5.74) is 0.829. The third-order valence-electron chi connectivity index (χ3n) is 2.74. The number of amides is 1. The van der Waals surface area contributed by atoms with Crippen molar-refractivity contribution in [3.05, 3.63) is 33.8 Å². The number of carbonyl (C=O) groups excluding carboxylic acids is 1. The van der Waals surface area contributed by atoms with Crippen LogP contribution < -0.4 is 5.32 Å². The standard InChI is InChI=1S/C14H19Cl2NO2/c1-9(5-10(2)18)8-17-14(19)7-11-3-4-12(15)13(16)6-11/h3-4,6,9-10,18H,5,7-8H2,1-2H3,(H,17,19). The predicted octanol–water partition coefficient (Wildman–Crippen LogP) is 3.06. The van der Waals surface area contributed by atoms with Gasteiger partial charge in [-0.25, -0.2) is 0 Å². The molecule has 106 valence electrons. The van der Waals surface area contributed by atoms with Crippen LogP contribution in [0.25, 0.3) is 0 Å². The number of hydrogen-bond acceptors (Lipinski definition) is 2. The summed E-state index contributed by atoms with van der Waals surface area (Å²) in [6, 6.07) is 5.16. The van der Waals surface area contributed by atoms with E-state index in [9.17, 15) is 9.90 Å². The third-order valence-corrected chi connectivity index (χ3v) is 3.48. The number of aliphatic hydroxyl groups excluding tert-OH is 1. The highest BCUT2D eigenvalue weighted by atomic mass is 35.5. The molecule has 0 heterocycles. The van der Waals surface area contributed by atoms with E-state index in [1.165, 1.54) is 0 Å². The van der Waals surface area contributed by atoms with Crippen molar-refractivity contribution in [2.24, 2.45) is 5.92 Å². The molecule has 0 aliphatic rings. The fourth-order valence-electron chi connectivity index (χ4n) is 1.85. The van der Waals surface area contributed by atoms with E-state index in [1.54, 1.807) is 25.1 Å². The van der Waals surface area contributed by atoms with E-state index in [1.807, 2.05) is 6.92 Å². The topological polar surface area (TPSA) is 49.3 Å². The first kappa shape index (κ1) is 16.3. The number of benzene rings is 1. The van der Waals surface area contributed by atoms with Gasteiger partial charge in [-0.1, -0.05) is 36.2 Å². The maximum absolute atomic E-state index is 11.7. The molecule has 2 atom stereocenters. The van der Waals surface area contributed by atoms with Gasteiger partial charge in [0.25, 0.3) is 0 Å². The predicted molar refractivity (Wildman–Crippen MR) is 78.6 cm³/mol. The minimum Gasteiger partial charge on any atom is -0.393 e. The molecule has 5 heteroatoms. The number of hydrogen-bond donors (Lipinski definition) is 2. The number of carbonyl (C=O) groups is 1. The van der Waals surface area contributed by atoms with E-state index in [0.29, 0.717) is 23.0 Å². The van der Waals surface area contributed by atoms with Gasteiger partial charge in [0.1, 0.15) is 0 Å². The van der Waals surface area contributed by atoms with E-state index in [-0.39, 0.29) is 24.3 Å². The molecule has 0 saturated carbocycles. The van der Waals surface area contributed by atoms with E-state index in [4.69, 9.17) is 23.2 Å². The van der Waals surface area contributed by atoms with Gasteiger partial charge >= 0.3 is 0 Å². The Hall–Kier alpha value is -0.770. The van der Waals surface area contributed by atoms with Crippen LogP contribution in [-0.4, -0.2) is 23.7 Å². The fraction of sp³-hybridized carbons (Fsp3) is 0.500. The van der Waals surface area contributed by atoms with Crippen LogP contribution in [0.3, 0.4) is 0 Å². The lowest BCUT2D eigenvalue weighted by molar-refractivity contribution is -0.120. The van der Waals surface area contributed by atoms with E-state index in [2.05, 4.69) is 5.32 Å². The van der Waals surface area contributed by atoms with Crippen LogP contribution in [-0.2, 0) is 11.2 Å². The Labute approximate surface area is 123 Å². The smallest absolute Gasteiger partial charge is 0.224 e.